The second kappa shape index (κ2) is 9.97. The maximum Gasteiger partial charge on any atom is 0.223 e. The van der Waals surface area contributed by atoms with Gasteiger partial charge in [0.1, 0.15) is 5.82 Å². The van der Waals surface area contributed by atoms with Gasteiger partial charge in [-0.05, 0) is 38.9 Å². The van der Waals surface area contributed by atoms with Gasteiger partial charge in [-0.15, -0.1) is 12.4 Å². The van der Waals surface area contributed by atoms with Crippen LogP contribution >= 0.6 is 12.4 Å². The number of halogens is 2. The average molecular weight is 358 g/mol. The minimum Gasteiger partial charge on any atom is -0.337 e. The molecule has 1 aromatic carbocycles. The summed E-state index contributed by atoms with van der Waals surface area (Å²) < 4.78 is 13.9. The van der Waals surface area contributed by atoms with Crippen molar-refractivity contribution in [1.29, 1.82) is 0 Å². The third-order valence-corrected chi connectivity index (χ3v) is 4.64. The predicted octanol–water partition coefficient (Wildman–Crippen LogP) is 2.66. The first kappa shape index (κ1) is 20.9. The molecule has 0 radical (unpaired) electrons. The summed E-state index contributed by atoms with van der Waals surface area (Å²) in [6, 6.07) is 6.79. The molecule has 0 aromatic heterocycles. The van der Waals surface area contributed by atoms with Crippen molar-refractivity contribution in [3.63, 3.8) is 0 Å². The van der Waals surface area contributed by atoms with Crippen LogP contribution in [0.4, 0.5) is 4.39 Å². The van der Waals surface area contributed by atoms with Gasteiger partial charge in [-0.25, -0.2) is 4.39 Å². The van der Waals surface area contributed by atoms with E-state index in [4.69, 9.17) is 5.73 Å². The van der Waals surface area contributed by atoms with E-state index in [2.05, 4.69) is 0 Å². The highest BCUT2D eigenvalue weighted by Gasteiger charge is 2.28. The molecule has 6 heteroatoms. The summed E-state index contributed by atoms with van der Waals surface area (Å²) >= 11 is 0. The molecule has 1 aromatic rings. The van der Waals surface area contributed by atoms with Crippen LogP contribution in [0.1, 0.15) is 31.2 Å². The Morgan fingerprint density at radius 1 is 1.25 bits per heavy atom. The standard InChI is InChI=1S/C18H28FN3O.ClH/c1-21(2)10-11-22(13-15-6-3-4-8-16(15)19)18(23)12-14-7-5-9-17(14)20;/h3-4,6,8,14,17H,5,7,9-13,20H2,1-2H3;1H/t14-,17+;/m0./s1. The van der Waals surface area contributed by atoms with Crippen LogP contribution in [0.5, 0.6) is 0 Å². The molecule has 136 valence electrons. The van der Waals surface area contributed by atoms with Crippen molar-refractivity contribution in [3.8, 4) is 0 Å². The highest BCUT2D eigenvalue weighted by atomic mass is 35.5. The molecule has 0 spiro atoms. The van der Waals surface area contributed by atoms with Gasteiger partial charge >= 0.3 is 0 Å². The highest BCUT2D eigenvalue weighted by molar-refractivity contribution is 5.85. The van der Waals surface area contributed by atoms with Crippen molar-refractivity contribution < 1.29 is 9.18 Å². The van der Waals surface area contributed by atoms with E-state index < -0.39 is 0 Å². The third kappa shape index (κ3) is 6.04. The first-order valence-corrected chi connectivity index (χ1v) is 8.39. The molecule has 0 unspecified atom stereocenters. The van der Waals surface area contributed by atoms with E-state index in [1.165, 1.54) is 6.07 Å². The van der Waals surface area contributed by atoms with Gasteiger partial charge in [-0.3, -0.25) is 4.79 Å². The molecule has 1 fully saturated rings. The van der Waals surface area contributed by atoms with Gasteiger partial charge in [0.25, 0.3) is 0 Å². The molecule has 2 atom stereocenters. The predicted molar refractivity (Wildman–Crippen MR) is 97.6 cm³/mol. The first-order chi connectivity index (χ1) is 11.0. The van der Waals surface area contributed by atoms with Gasteiger partial charge in [-0.1, -0.05) is 24.6 Å². The fourth-order valence-corrected chi connectivity index (χ4v) is 3.12. The molecule has 2 rings (SSSR count). The molecule has 4 nitrogen and oxygen atoms in total. The molecule has 0 heterocycles. The summed E-state index contributed by atoms with van der Waals surface area (Å²) in [5, 5.41) is 0. The summed E-state index contributed by atoms with van der Waals surface area (Å²) in [6.07, 6.45) is 3.60. The Bertz CT molecular complexity index is 527. The van der Waals surface area contributed by atoms with Crippen molar-refractivity contribution >= 4 is 18.3 Å². The number of carbonyl (C=O) groups is 1. The molecule has 0 bridgehead atoms. The monoisotopic (exact) mass is 357 g/mol. The summed E-state index contributed by atoms with van der Waals surface area (Å²) in [5.41, 5.74) is 6.65. The van der Waals surface area contributed by atoms with Crippen molar-refractivity contribution in [2.24, 2.45) is 11.7 Å². The van der Waals surface area contributed by atoms with Crippen LogP contribution in [-0.2, 0) is 11.3 Å². The molecular weight excluding hydrogens is 329 g/mol. The minimum absolute atomic E-state index is 0. The number of nitrogens with zero attached hydrogens (tertiary/aromatic N) is 2. The van der Waals surface area contributed by atoms with Crippen LogP contribution in [0.2, 0.25) is 0 Å². The lowest BCUT2D eigenvalue weighted by atomic mass is 9.99. The number of hydrogen-bond acceptors (Lipinski definition) is 3. The van der Waals surface area contributed by atoms with Crippen molar-refractivity contribution in [2.75, 3.05) is 27.2 Å². The lowest BCUT2D eigenvalue weighted by Crippen LogP contribution is -2.38. The summed E-state index contributed by atoms with van der Waals surface area (Å²) in [5.74, 6) is 0.0927. The zero-order chi connectivity index (χ0) is 16.8. The van der Waals surface area contributed by atoms with Gasteiger partial charge in [0.05, 0.1) is 0 Å². The molecular formula is C18H29ClFN3O. The quantitative estimate of drug-likeness (QED) is 0.816. The van der Waals surface area contributed by atoms with E-state index in [1.807, 2.05) is 19.0 Å². The number of rotatable bonds is 7. The van der Waals surface area contributed by atoms with Crippen molar-refractivity contribution in [1.82, 2.24) is 9.80 Å². The first-order valence-electron chi connectivity index (χ1n) is 8.39. The maximum absolute atomic E-state index is 13.9. The molecule has 1 aliphatic rings. The van der Waals surface area contributed by atoms with E-state index in [0.717, 1.165) is 25.8 Å². The van der Waals surface area contributed by atoms with E-state index in [9.17, 15) is 9.18 Å². The van der Waals surface area contributed by atoms with Crippen LogP contribution in [0.15, 0.2) is 24.3 Å². The van der Waals surface area contributed by atoms with Crippen molar-refractivity contribution in [3.05, 3.63) is 35.6 Å². The maximum atomic E-state index is 13.9. The number of amides is 1. The molecule has 0 saturated heterocycles. The number of likely N-dealkylation sites (N-methyl/N-ethyl adjacent to an activating group) is 1. The number of benzene rings is 1. The minimum atomic E-state index is -0.257. The van der Waals surface area contributed by atoms with E-state index in [0.29, 0.717) is 25.1 Å². The molecule has 2 N–H and O–H groups in total. The summed E-state index contributed by atoms with van der Waals surface area (Å²) in [4.78, 5) is 16.5. The Labute approximate surface area is 150 Å². The van der Waals surface area contributed by atoms with Crippen LogP contribution in [-0.4, -0.2) is 48.9 Å². The number of nitrogens with two attached hydrogens (primary N) is 1. The molecule has 1 aliphatic carbocycles. The largest absolute Gasteiger partial charge is 0.337 e. The van der Waals surface area contributed by atoms with Gasteiger partial charge in [-0.2, -0.15) is 0 Å². The SMILES string of the molecule is CN(C)CCN(Cc1ccccc1F)C(=O)C[C@@H]1CCC[C@H]1N.Cl. The molecule has 0 aliphatic heterocycles. The van der Waals surface area contributed by atoms with Gasteiger partial charge in [0.2, 0.25) is 5.91 Å². The lowest BCUT2D eigenvalue weighted by molar-refractivity contribution is -0.133. The topological polar surface area (TPSA) is 49.6 Å². The van der Waals surface area contributed by atoms with Crippen LogP contribution < -0.4 is 5.73 Å². The second-order valence-electron chi connectivity index (χ2n) is 6.77. The Morgan fingerprint density at radius 3 is 2.54 bits per heavy atom. The van der Waals surface area contributed by atoms with E-state index in [1.54, 1.807) is 23.1 Å². The Morgan fingerprint density at radius 2 is 1.96 bits per heavy atom. The molecule has 1 saturated carbocycles. The van der Waals surface area contributed by atoms with Crippen LogP contribution in [0.25, 0.3) is 0 Å². The summed E-state index contributed by atoms with van der Waals surface area (Å²) in [7, 11) is 3.94. The molecule has 24 heavy (non-hydrogen) atoms. The summed E-state index contributed by atoms with van der Waals surface area (Å²) in [6.45, 7) is 1.68. The Kier molecular flexibility index (Phi) is 8.67. The fourth-order valence-electron chi connectivity index (χ4n) is 3.12. The fraction of sp³-hybridized carbons (Fsp3) is 0.611. The van der Waals surface area contributed by atoms with Crippen LogP contribution in [0.3, 0.4) is 0 Å². The third-order valence-electron chi connectivity index (χ3n) is 4.64. The van der Waals surface area contributed by atoms with E-state index >= 15 is 0 Å². The lowest BCUT2D eigenvalue weighted by Gasteiger charge is -2.27. The number of hydrogen-bond donors (Lipinski definition) is 1. The average Bonchev–Trinajstić information content (AvgIpc) is 2.90. The van der Waals surface area contributed by atoms with Gasteiger partial charge in [0, 0.05) is 37.7 Å². The van der Waals surface area contributed by atoms with Gasteiger partial charge < -0.3 is 15.5 Å². The Balaban J connectivity index is 0.00000288. The highest BCUT2D eigenvalue weighted by Crippen LogP contribution is 2.27. The normalized spacial score (nSPS) is 20.0. The molecule has 1 amide bonds. The zero-order valence-corrected chi connectivity index (χ0v) is 15.4. The van der Waals surface area contributed by atoms with E-state index in [-0.39, 0.29) is 36.1 Å². The van der Waals surface area contributed by atoms with Crippen LogP contribution in [0, 0.1) is 11.7 Å². The van der Waals surface area contributed by atoms with Gasteiger partial charge in [0.15, 0.2) is 0 Å². The smallest absolute Gasteiger partial charge is 0.223 e. The number of carbonyl (C=O) groups excluding carboxylic acids is 1. The zero-order valence-electron chi connectivity index (χ0n) is 14.6. The second-order valence-corrected chi connectivity index (χ2v) is 6.77. The Hall–Kier alpha value is -1.17. The van der Waals surface area contributed by atoms with Crippen molar-refractivity contribution in [2.45, 2.75) is 38.3 Å².